The third kappa shape index (κ3) is 1.83. The molecular weight excluding hydrogens is 368 g/mol. The maximum absolute atomic E-state index is 4.92. The van der Waals surface area contributed by atoms with Crippen molar-refractivity contribution in [1.82, 2.24) is 18.5 Å². The highest BCUT2D eigenvalue weighted by Gasteiger charge is 2.20. The van der Waals surface area contributed by atoms with Crippen molar-refractivity contribution in [2.24, 2.45) is 7.05 Å². The van der Waals surface area contributed by atoms with Crippen molar-refractivity contribution in [3.05, 3.63) is 91.0 Å². The lowest BCUT2D eigenvalue weighted by molar-refractivity contribution is 0.977. The van der Waals surface area contributed by atoms with Crippen LogP contribution in [0, 0.1) is 0 Å². The molecule has 0 aliphatic heterocycles. The summed E-state index contributed by atoms with van der Waals surface area (Å²) < 4.78 is 6.87. The summed E-state index contributed by atoms with van der Waals surface area (Å²) in [7, 11) is 2.12. The van der Waals surface area contributed by atoms with Gasteiger partial charge in [-0.3, -0.25) is 4.40 Å². The monoisotopic (exact) mass is 386 g/mol. The maximum atomic E-state index is 4.92. The molecular formula is C26H18N4. The van der Waals surface area contributed by atoms with Crippen molar-refractivity contribution in [2.45, 2.75) is 0 Å². The number of aromatic nitrogens is 4. The fourth-order valence-electron chi connectivity index (χ4n) is 4.98. The summed E-state index contributed by atoms with van der Waals surface area (Å²) >= 11 is 0. The molecule has 0 saturated carbocycles. The van der Waals surface area contributed by atoms with Gasteiger partial charge in [0.1, 0.15) is 0 Å². The van der Waals surface area contributed by atoms with Gasteiger partial charge in [0.2, 0.25) is 5.78 Å². The average molecular weight is 386 g/mol. The van der Waals surface area contributed by atoms with Gasteiger partial charge in [-0.2, -0.15) is 0 Å². The Kier molecular flexibility index (Phi) is 2.91. The Labute approximate surface area is 172 Å². The van der Waals surface area contributed by atoms with Crippen molar-refractivity contribution in [2.75, 3.05) is 0 Å². The molecule has 3 aromatic heterocycles. The minimum absolute atomic E-state index is 0.968. The molecule has 7 aromatic rings. The van der Waals surface area contributed by atoms with E-state index in [4.69, 9.17) is 4.98 Å². The lowest BCUT2D eigenvalue weighted by Crippen LogP contribution is -1.93. The predicted molar refractivity (Wildman–Crippen MR) is 124 cm³/mol. The van der Waals surface area contributed by atoms with Crippen LogP contribution in [0.25, 0.3) is 55.3 Å². The van der Waals surface area contributed by atoms with Crippen LogP contribution in [-0.2, 0) is 7.05 Å². The van der Waals surface area contributed by atoms with E-state index in [-0.39, 0.29) is 0 Å². The minimum atomic E-state index is 0.968. The number of aryl methyl sites for hydroxylation is 1. The lowest BCUT2D eigenvalue weighted by atomic mass is 10.1. The molecule has 0 aliphatic rings. The van der Waals surface area contributed by atoms with Gasteiger partial charge in [-0.25, -0.2) is 4.98 Å². The van der Waals surface area contributed by atoms with Crippen LogP contribution in [0.4, 0.5) is 0 Å². The van der Waals surface area contributed by atoms with Gasteiger partial charge in [0.05, 0.1) is 33.1 Å². The molecule has 0 radical (unpaired) electrons. The van der Waals surface area contributed by atoms with Gasteiger partial charge in [-0.05, 0) is 42.5 Å². The van der Waals surface area contributed by atoms with Crippen molar-refractivity contribution >= 4 is 49.7 Å². The summed E-state index contributed by atoms with van der Waals surface area (Å²) in [6, 6.07) is 32.1. The molecule has 7 rings (SSSR count). The minimum Gasteiger partial charge on any atom is -0.312 e. The van der Waals surface area contributed by atoms with Crippen LogP contribution < -0.4 is 0 Å². The molecule has 0 saturated heterocycles. The lowest BCUT2D eigenvalue weighted by Gasteiger charge is -2.07. The third-order valence-corrected chi connectivity index (χ3v) is 6.22. The summed E-state index contributed by atoms with van der Waals surface area (Å²) in [5, 5.41) is 2.53. The highest BCUT2D eigenvalue weighted by Crippen LogP contribution is 2.38. The predicted octanol–water partition coefficient (Wildman–Crippen LogP) is 6.08. The highest BCUT2D eigenvalue weighted by atomic mass is 15.2. The topological polar surface area (TPSA) is 27.2 Å². The van der Waals surface area contributed by atoms with E-state index in [2.05, 4.69) is 106 Å². The molecule has 30 heavy (non-hydrogen) atoms. The Morgan fingerprint density at radius 3 is 2.20 bits per heavy atom. The van der Waals surface area contributed by atoms with E-state index in [1.807, 2.05) is 6.07 Å². The third-order valence-electron chi connectivity index (χ3n) is 6.22. The van der Waals surface area contributed by atoms with E-state index >= 15 is 0 Å². The van der Waals surface area contributed by atoms with Crippen LogP contribution in [0.5, 0.6) is 0 Å². The van der Waals surface area contributed by atoms with E-state index in [9.17, 15) is 0 Å². The number of rotatable bonds is 1. The Balaban J connectivity index is 1.75. The summed E-state index contributed by atoms with van der Waals surface area (Å²) in [5.74, 6) is 0.968. The largest absolute Gasteiger partial charge is 0.312 e. The number of nitrogens with zero attached hydrogens (tertiary/aromatic N) is 4. The zero-order valence-corrected chi connectivity index (χ0v) is 16.4. The first-order valence-electron chi connectivity index (χ1n) is 10.2. The van der Waals surface area contributed by atoms with E-state index in [1.165, 1.54) is 38.5 Å². The van der Waals surface area contributed by atoms with E-state index < -0.39 is 0 Å². The molecule has 142 valence electrons. The molecule has 0 atom stereocenters. The second kappa shape index (κ2) is 5.51. The van der Waals surface area contributed by atoms with E-state index in [1.54, 1.807) is 0 Å². The first kappa shape index (κ1) is 15.8. The van der Waals surface area contributed by atoms with Gasteiger partial charge in [-0.1, -0.05) is 48.5 Å². The molecule has 0 N–H and O–H groups in total. The molecule has 4 aromatic carbocycles. The molecule has 0 bridgehead atoms. The van der Waals surface area contributed by atoms with E-state index in [0.29, 0.717) is 0 Å². The summed E-state index contributed by atoms with van der Waals surface area (Å²) in [4.78, 5) is 4.92. The van der Waals surface area contributed by atoms with Gasteiger partial charge in [-0.15, -0.1) is 0 Å². The number of hydrogen-bond donors (Lipinski definition) is 0. The van der Waals surface area contributed by atoms with Crippen LogP contribution in [0.1, 0.15) is 0 Å². The SMILES string of the molecule is Cn1c2c3c4ccccc4n(-c4ccccc4)c3ccc2n2c3ccccc3nc12. The molecule has 0 fully saturated rings. The first-order valence-corrected chi connectivity index (χ1v) is 10.2. The summed E-state index contributed by atoms with van der Waals surface area (Å²) in [6.07, 6.45) is 0. The summed E-state index contributed by atoms with van der Waals surface area (Å²) in [6.45, 7) is 0. The van der Waals surface area contributed by atoms with Crippen LogP contribution in [-0.4, -0.2) is 18.5 Å². The fourth-order valence-corrected chi connectivity index (χ4v) is 4.98. The first-order chi connectivity index (χ1) is 14.8. The summed E-state index contributed by atoms with van der Waals surface area (Å²) in [5.41, 5.74) is 8.17. The van der Waals surface area contributed by atoms with Crippen LogP contribution >= 0.6 is 0 Å². The van der Waals surface area contributed by atoms with Gasteiger partial charge >= 0.3 is 0 Å². The van der Waals surface area contributed by atoms with Crippen LogP contribution in [0.2, 0.25) is 0 Å². The van der Waals surface area contributed by atoms with Gasteiger partial charge < -0.3 is 9.13 Å². The van der Waals surface area contributed by atoms with Gasteiger partial charge in [0, 0.05) is 23.5 Å². The normalized spacial score (nSPS) is 12.2. The number of hydrogen-bond acceptors (Lipinski definition) is 1. The fraction of sp³-hybridized carbons (Fsp3) is 0.0385. The average Bonchev–Trinajstić information content (AvgIpc) is 3.42. The standard InChI is InChI=1S/C26H18N4/c1-28-25-23(30-21-14-8-6-12-19(21)27-26(28)30)16-15-22-24(25)18-11-5-7-13-20(18)29(22)17-9-3-2-4-10-17/h2-16H,1H3. The molecule has 4 nitrogen and oxygen atoms in total. The smallest absolute Gasteiger partial charge is 0.215 e. The van der Waals surface area contributed by atoms with Crippen molar-refractivity contribution in [3.8, 4) is 5.69 Å². The van der Waals surface area contributed by atoms with Crippen molar-refractivity contribution in [3.63, 3.8) is 0 Å². The van der Waals surface area contributed by atoms with E-state index in [0.717, 1.165) is 16.8 Å². The Hall–Kier alpha value is -4.05. The quantitative estimate of drug-likeness (QED) is 0.336. The Morgan fingerprint density at radius 1 is 0.633 bits per heavy atom. The highest BCUT2D eigenvalue weighted by molar-refractivity contribution is 6.20. The number of fused-ring (bicyclic) bond motifs is 9. The molecule has 0 aliphatic carbocycles. The number of imidazole rings is 2. The number of para-hydroxylation sites is 4. The van der Waals surface area contributed by atoms with Crippen molar-refractivity contribution < 1.29 is 0 Å². The Bertz CT molecular complexity index is 1750. The van der Waals surface area contributed by atoms with Crippen molar-refractivity contribution in [1.29, 1.82) is 0 Å². The van der Waals surface area contributed by atoms with Gasteiger partial charge in [0.15, 0.2) is 0 Å². The molecule has 0 spiro atoms. The second-order valence-corrected chi connectivity index (χ2v) is 7.81. The molecule has 3 heterocycles. The second-order valence-electron chi connectivity index (χ2n) is 7.81. The number of benzene rings is 4. The zero-order chi connectivity index (χ0) is 19.8. The molecule has 0 amide bonds. The van der Waals surface area contributed by atoms with Gasteiger partial charge in [0.25, 0.3) is 0 Å². The zero-order valence-electron chi connectivity index (χ0n) is 16.4. The maximum Gasteiger partial charge on any atom is 0.215 e. The molecule has 4 heteroatoms. The Morgan fingerprint density at radius 2 is 1.33 bits per heavy atom. The van der Waals surface area contributed by atoms with Crippen LogP contribution in [0.15, 0.2) is 91.0 Å². The molecule has 0 unspecified atom stereocenters. The van der Waals surface area contributed by atoms with Crippen LogP contribution in [0.3, 0.4) is 0 Å².